The van der Waals surface area contributed by atoms with Crippen LogP contribution in [0.4, 0.5) is 0 Å². The third kappa shape index (κ3) is 4.65. The lowest BCUT2D eigenvalue weighted by Crippen LogP contribution is -2.46. The summed E-state index contributed by atoms with van der Waals surface area (Å²) in [7, 11) is -3.76. The van der Waals surface area contributed by atoms with Crippen molar-refractivity contribution in [3.05, 3.63) is 64.2 Å². The number of benzene rings is 2. The number of halogens is 1. The van der Waals surface area contributed by atoms with E-state index in [9.17, 15) is 13.2 Å². The minimum atomic E-state index is -3.76. The first-order valence-corrected chi connectivity index (χ1v) is 11.7. The van der Waals surface area contributed by atoms with Gasteiger partial charge in [0.1, 0.15) is 6.04 Å². The van der Waals surface area contributed by atoms with Crippen LogP contribution in [0.25, 0.3) is 0 Å². The van der Waals surface area contributed by atoms with Gasteiger partial charge in [-0.05, 0) is 74.1 Å². The van der Waals surface area contributed by atoms with Gasteiger partial charge in [-0.3, -0.25) is 4.79 Å². The molecule has 1 amide bonds. The van der Waals surface area contributed by atoms with Crippen LogP contribution in [0.3, 0.4) is 0 Å². The number of sulfonamides is 1. The van der Waals surface area contributed by atoms with Crippen LogP contribution < -0.4 is 5.32 Å². The summed E-state index contributed by atoms with van der Waals surface area (Å²) >= 11 is 5.88. The molecule has 156 valence electrons. The van der Waals surface area contributed by atoms with Gasteiger partial charge in [0.05, 0.1) is 10.9 Å². The molecule has 5 nitrogen and oxygen atoms in total. The summed E-state index contributed by atoms with van der Waals surface area (Å²) < 4.78 is 27.5. The topological polar surface area (TPSA) is 66.5 Å². The Morgan fingerprint density at radius 3 is 2.48 bits per heavy atom. The van der Waals surface area contributed by atoms with Crippen molar-refractivity contribution >= 4 is 27.5 Å². The van der Waals surface area contributed by atoms with Crippen LogP contribution in [0.1, 0.15) is 48.9 Å². The third-order valence-corrected chi connectivity index (χ3v) is 7.76. The SMILES string of the molecule is CC[C@H](NC(=O)[C@H]1CCCN1S(=O)(=O)c1ccc(Cl)cc1)c1ccc(C)c(C)c1. The first-order chi connectivity index (χ1) is 13.7. The Hall–Kier alpha value is -1.89. The molecule has 1 aliphatic heterocycles. The quantitative estimate of drug-likeness (QED) is 0.733. The molecule has 29 heavy (non-hydrogen) atoms. The van der Waals surface area contributed by atoms with Crippen LogP contribution in [-0.2, 0) is 14.8 Å². The second kappa shape index (κ2) is 8.86. The lowest BCUT2D eigenvalue weighted by Gasteiger charge is -2.26. The first-order valence-electron chi connectivity index (χ1n) is 9.89. The highest BCUT2D eigenvalue weighted by molar-refractivity contribution is 7.89. The minimum Gasteiger partial charge on any atom is -0.348 e. The summed E-state index contributed by atoms with van der Waals surface area (Å²) in [5.74, 6) is -0.245. The average Bonchev–Trinajstić information content (AvgIpc) is 3.19. The van der Waals surface area contributed by atoms with Crippen LogP contribution in [0, 0.1) is 13.8 Å². The number of carbonyl (C=O) groups excluding carboxylic acids is 1. The first kappa shape index (κ1) is 21.8. The summed E-state index contributed by atoms with van der Waals surface area (Å²) in [4.78, 5) is 13.2. The predicted octanol–water partition coefficient (Wildman–Crippen LogP) is 4.38. The summed E-state index contributed by atoms with van der Waals surface area (Å²) in [5.41, 5.74) is 3.41. The van der Waals surface area contributed by atoms with Crippen molar-refractivity contribution in [3.63, 3.8) is 0 Å². The second-order valence-corrected chi connectivity index (χ2v) is 9.87. The van der Waals surface area contributed by atoms with E-state index in [1.54, 1.807) is 12.1 Å². The molecule has 2 aromatic carbocycles. The third-order valence-electron chi connectivity index (χ3n) is 5.58. The summed E-state index contributed by atoms with van der Waals surface area (Å²) in [5, 5.41) is 3.54. The van der Waals surface area contributed by atoms with E-state index in [0.717, 1.165) is 12.0 Å². The van der Waals surface area contributed by atoms with E-state index in [1.165, 1.54) is 27.6 Å². The Morgan fingerprint density at radius 2 is 1.86 bits per heavy atom. The molecule has 1 heterocycles. The maximum atomic E-state index is 13.1. The highest BCUT2D eigenvalue weighted by atomic mass is 35.5. The number of aryl methyl sites for hydroxylation is 2. The van der Waals surface area contributed by atoms with E-state index >= 15 is 0 Å². The normalized spacial score (nSPS) is 18.6. The van der Waals surface area contributed by atoms with Gasteiger partial charge in [0.25, 0.3) is 0 Å². The number of amides is 1. The smallest absolute Gasteiger partial charge is 0.243 e. The fourth-order valence-electron chi connectivity index (χ4n) is 3.70. The van der Waals surface area contributed by atoms with Crippen LogP contribution in [0.2, 0.25) is 5.02 Å². The number of hydrogen-bond acceptors (Lipinski definition) is 3. The van der Waals surface area contributed by atoms with Crippen LogP contribution in [0.15, 0.2) is 47.4 Å². The molecular formula is C22H27ClN2O3S. The fraction of sp³-hybridized carbons (Fsp3) is 0.409. The summed E-state index contributed by atoms with van der Waals surface area (Å²) in [6.07, 6.45) is 1.90. The van der Waals surface area contributed by atoms with Gasteiger partial charge in [-0.1, -0.05) is 36.7 Å². The molecule has 0 saturated carbocycles. The van der Waals surface area contributed by atoms with E-state index in [2.05, 4.69) is 18.3 Å². The lowest BCUT2D eigenvalue weighted by molar-refractivity contribution is -0.125. The predicted molar refractivity (Wildman–Crippen MR) is 115 cm³/mol. The zero-order valence-corrected chi connectivity index (χ0v) is 18.6. The van der Waals surface area contributed by atoms with Gasteiger partial charge in [0.15, 0.2) is 0 Å². The van der Waals surface area contributed by atoms with E-state index in [-0.39, 0.29) is 16.8 Å². The van der Waals surface area contributed by atoms with Crippen molar-refractivity contribution in [3.8, 4) is 0 Å². The standard InChI is InChI=1S/C22H27ClN2O3S/c1-4-20(17-8-7-15(2)16(3)14-17)24-22(26)21-6-5-13-25(21)29(27,28)19-11-9-18(23)10-12-19/h7-12,14,20-21H,4-6,13H2,1-3H3,(H,24,26)/t20-,21+/m0/s1. The minimum absolute atomic E-state index is 0.150. The molecule has 1 fully saturated rings. The van der Waals surface area contributed by atoms with E-state index in [4.69, 9.17) is 11.6 Å². The van der Waals surface area contributed by atoms with Gasteiger partial charge in [-0.2, -0.15) is 4.31 Å². The highest BCUT2D eigenvalue weighted by Crippen LogP contribution is 2.28. The van der Waals surface area contributed by atoms with Crippen molar-refractivity contribution in [1.29, 1.82) is 0 Å². The average molecular weight is 435 g/mol. The van der Waals surface area contributed by atoms with Gasteiger partial charge in [-0.15, -0.1) is 0 Å². The van der Waals surface area contributed by atoms with Crippen LogP contribution >= 0.6 is 11.6 Å². The Balaban J connectivity index is 1.80. The van der Waals surface area contributed by atoms with Gasteiger partial charge in [-0.25, -0.2) is 8.42 Å². The molecule has 3 rings (SSSR count). The van der Waals surface area contributed by atoms with Crippen molar-refractivity contribution in [2.45, 2.75) is 57.0 Å². The summed E-state index contributed by atoms with van der Waals surface area (Å²) in [6, 6.07) is 11.4. The molecule has 0 unspecified atom stereocenters. The molecule has 1 N–H and O–H groups in total. The highest BCUT2D eigenvalue weighted by Gasteiger charge is 2.39. The molecule has 2 aromatic rings. The van der Waals surface area contributed by atoms with E-state index < -0.39 is 16.1 Å². The summed E-state index contributed by atoms with van der Waals surface area (Å²) in [6.45, 7) is 6.45. The zero-order chi connectivity index (χ0) is 21.2. The van der Waals surface area contributed by atoms with Gasteiger partial charge < -0.3 is 5.32 Å². The lowest BCUT2D eigenvalue weighted by atomic mass is 9.99. The number of hydrogen-bond donors (Lipinski definition) is 1. The van der Waals surface area contributed by atoms with Crippen molar-refractivity contribution in [1.82, 2.24) is 9.62 Å². The Morgan fingerprint density at radius 1 is 1.17 bits per heavy atom. The van der Waals surface area contributed by atoms with Crippen molar-refractivity contribution in [2.24, 2.45) is 0 Å². The molecule has 0 radical (unpaired) electrons. The van der Waals surface area contributed by atoms with Gasteiger partial charge in [0, 0.05) is 11.6 Å². The molecule has 0 spiro atoms. The van der Waals surface area contributed by atoms with Crippen LogP contribution in [0.5, 0.6) is 0 Å². The molecule has 0 aliphatic carbocycles. The van der Waals surface area contributed by atoms with Gasteiger partial charge in [0.2, 0.25) is 15.9 Å². The molecule has 7 heteroatoms. The monoisotopic (exact) mass is 434 g/mol. The fourth-order valence-corrected chi connectivity index (χ4v) is 5.48. The van der Waals surface area contributed by atoms with Gasteiger partial charge >= 0.3 is 0 Å². The second-order valence-electron chi connectivity index (χ2n) is 7.54. The molecule has 0 bridgehead atoms. The van der Waals surface area contributed by atoms with E-state index in [1.807, 2.05) is 26.0 Å². The van der Waals surface area contributed by atoms with E-state index in [0.29, 0.717) is 24.4 Å². The Kier molecular flexibility index (Phi) is 6.66. The number of carbonyl (C=O) groups is 1. The Labute approximate surface area is 178 Å². The van der Waals surface area contributed by atoms with Crippen molar-refractivity contribution < 1.29 is 13.2 Å². The molecular weight excluding hydrogens is 408 g/mol. The number of rotatable bonds is 6. The van der Waals surface area contributed by atoms with Crippen LogP contribution in [-0.4, -0.2) is 31.2 Å². The molecule has 0 aromatic heterocycles. The number of nitrogens with zero attached hydrogens (tertiary/aromatic N) is 1. The molecule has 1 saturated heterocycles. The van der Waals surface area contributed by atoms with Crippen molar-refractivity contribution in [2.75, 3.05) is 6.54 Å². The Bertz CT molecular complexity index is 990. The molecule has 2 atom stereocenters. The number of nitrogens with one attached hydrogen (secondary N) is 1. The zero-order valence-electron chi connectivity index (χ0n) is 17.0. The molecule has 1 aliphatic rings. The largest absolute Gasteiger partial charge is 0.348 e. The maximum Gasteiger partial charge on any atom is 0.243 e. The maximum absolute atomic E-state index is 13.1.